The van der Waals surface area contributed by atoms with Gasteiger partial charge in [-0.3, -0.25) is 4.79 Å². The van der Waals surface area contributed by atoms with Gasteiger partial charge < -0.3 is 5.11 Å². The van der Waals surface area contributed by atoms with Crippen LogP contribution in [0, 0.1) is 11.3 Å². The van der Waals surface area contributed by atoms with Crippen LogP contribution in [-0.4, -0.2) is 15.9 Å². The van der Waals surface area contributed by atoms with Crippen molar-refractivity contribution >= 4 is 29.2 Å². The van der Waals surface area contributed by atoms with E-state index in [-0.39, 0.29) is 11.3 Å². The van der Waals surface area contributed by atoms with Gasteiger partial charge in [0.05, 0.1) is 0 Å². The third-order valence-electron chi connectivity index (χ3n) is 6.58. The molecule has 2 aliphatic rings. The second-order valence-electron chi connectivity index (χ2n) is 8.08. The van der Waals surface area contributed by atoms with Crippen molar-refractivity contribution in [2.45, 2.75) is 69.0 Å². The fourth-order valence-corrected chi connectivity index (χ4v) is 5.92. The predicted octanol–water partition coefficient (Wildman–Crippen LogP) is 5.69. The minimum absolute atomic E-state index is 0.0198. The molecule has 2 nitrogen and oxygen atoms in total. The quantitative estimate of drug-likeness (QED) is 0.695. The second-order valence-corrected chi connectivity index (χ2v) is 9.18. The molecule has 1 fully saturated rings. The zero-order chi connectivity index (χ0) is 17.7. The van der Waals surface area contributed by atoms with Gasteiger partial charge in [0.15, 0.2) is 0 Å². The summed E-state index contributed by atoms with van der Waals surface area (Å²) in [7, 11) is 0. The van der Waals surface area contributed by atoms with E-state index in [1.54, 1.807) is 0 Å². The Balaban J connectivity index is 2.11. The van der Waals surface area contributed by atoms with E-state index >= 15 is 0 Å². The summed E-state index contributed by atoms with van der Waals surface area (Å²) in [4.78, 5) is 11.3. The highest BCUT2D eigenvalue weighted by atomic mass is 35.5. The summed E-state index contributed by atoms with van der Waals surface area (Å²) in [5.74, 6) is -0.357. The Morgan fingerprint density at radius 1 is 1.29 bits per heavy atom. The fraction of sp³-hybridized carbons (Fsp3) is 0.650. The lowest BCUT2D eigenvalue weighted by atomic mass is 9.49. The van der Waals surface area contributed by atoms with Crippen molar-refractivity contribution < 1.29 is 9.90 Å². The Hall–Kier alpha value is -0.730. The fourth-order valence-electron chi connectivity index (χ4n) is 5.21. The molecule has 3 atom stereocenters. The van der Waals surface area contributed by atoms with Gasteiger partial charge >= 0.3 is 5.97 Å². The number of aliphatic carboxylic acids is 1. The predicted molar refractivity (Wildman–Crippen MR) is 99.1 cm³/mol. The molecule has 0 amide bonds. The van der Waals surface area contributed by atoms with E-state index in [9.17, 15) is 9.90 Å². The number of fused-ring (bicyclic) bond motifs is 3. The first kappa shape index (κ1) is 18.1. The Kier molecular flexibility index (Phi) is 4.68. The number of benzene rings is 1. The highest BCUT2D eigenvalue weighted by Crippen LogP contribution is 2.60. The molecular formula is C20H26Cl2O2. The summed E-state index contributed by atoms with van der Waals surface area (Å²) >= 11 is 12.5. The minimum Gasteiger partial charge on any atom is -0.481 e. The first-order valence-corrected chi connectivity index (χ1v) is 9.75. The van der Waals surface area contributed by atoms with Crippen molar-refractivity contribution in [2.75, 3.05) is 0 Å². The van der Waals surface area contributed by atoms with Crippen LogP contribution in [0.25, 0.3) is 0 Å². The molecule has 0 heterocycles. The number of rotatable bonds is 3. The molecule has 0 spiro atoms. The maximum absolute atomic E-state index is 12.2. The summed E-state index contributed by atoms with van der Waals surface area (Å²) in [6.07, 6.45) is 4.17. The lowest BCUT2D eigenvalue weighted by Crippen LogP contribution is -2.56. The van der Waals surface area contributed by atoms with E-state index in [1.807, 2.05) is 0 Å². The van der Waals surface area contributed by atoms with Crippen molar-refractivity contribution in [3.8, 4) is 0 Å². The molecule has 1 saturated carbocycles. The lowest BCUT2D eigenvalue weighted by molar-refractivity contribution is -0.158. The highest BCUT2D eigenvalue weighted by molar-refractivity contribution is 6.45. The van der Waals surface area contributed by atoms with Crippen molar-refractivity contribution in [2.24, 2.45) is 11.3 Å². The average Bonchev–Trinajstić information content (AvgIpc) is 2.52. The number of halogens is 2. The molecule has 0 unspecified atom stereocenters. The molecule has 0 radical (unpaired) electrons. The summed E-state index contributed by atoms with van der Waals surface area (Å²) < 4.78 is 0. The smallest absolute Gasteiger partial charge is 0.312 e. The van der Waals surface area contributed by atoms with E-state index in [2.05, 4.69) is 39.0 Å². The minimum atomic E-state index is -1.04. The zero-order valence-corrected chi connectivity index (χ0v) is 16.1. The second kappa shape index (κ2) is 6.21. The molecule has 3 rings (SSSR count). The van der Waals surface area contributed by atoms with Crippen molar-refractivity contribution in [3.63, 3.8) is 0 Å². The van der Waals surface area contributed by atoms with Crippen LogP contribution in [0.3, 0.4) is 0 Å². The van der Waals surface area contributed by atoms with Crippen molar-refractivity contribution in [1.82, 2.24) is 0 Å². The summed E-state index contributed by atoms with van der Waals surface area (Å²) in [6.45, 7) is 6.63. The first-order chi connectivity index (χ1) is 11.2. The van der Waals surface area contributed by atoms with Crippen LogP contribution in [0.15, 0.2) is 18.2 Å². The van der Waals surface area contributed by atoms with Crippen LogP contribution >= 0.6 is 23.2 Å². The molecule has 0 aromatic heterocycles. The van der Waals surface area contributed by atoms with Gasteiger partial charge in [0, 0.05) is 0 Å². The van der Waals surface area contributed by atoms with Crippen molar-refractivity contribution in [1.29, 1.82) is 0 Å². The Morgan fingerprint density at radius 2 is 2.00 bits per heavy atom. The Bertz CT molecular complexity index is 655. The van der Waals surface area contributed by atoms with Gasteiger partial charge in [0.1, 0.15) is 10.3 Å². The van der Waals surface area contributed by atoms with E-state index in [1.165, 1.54) is 16.7 Å². The van der Waals surface area contributed by atoms with E-state index in [0.29, 0.717) is 12.3 Å². The van der Waals surface area contributed by atoms with Crippen LogP contribution in [0.5, 0.6) is 0 Å². The molecule has 2 aliphatic carbocycles. The summed E-state index contributed by atoms with van der Waals surface area (Å²) in [6, 6.07) is 6.75. The number of hydrogen-bond acceptors (Lipinski definition) is 1. The van der Waals surface area contributed by atoms with Gasteiger partial charge in [-0.15, -0.1) is 23.2 Å². The van der Waals surface area contributed by atoms with Crippen LogP contribution in [0.4, 0.5) is 0 Å². The molecule has 1 aromatic carbocycles. The third kappa shape index (κ3) is 2.49. The monoisotopic (exact) mass is 368 g/mol. The van der Waals surface area contributed by atoms with Crippen LogP contribution in [0.2, 0.25) is 0 Å². The number of carboxylic acid groups (broad SMARTS) is 1. The number of carboxylic acids is 1. The zero-order valence-electron chi connectivity index (χ0n) is 14.6. The summed E-state index contributed by atoms with van der Waals surface area (Å²) in [5.41, 5.74) is 2.83. The van der Waals surface area contributed by atoms with Gasteiger partial charge in [-0.2, -0.15) is 0 Å². The Morgan fingerprint density at radius 3 is 2.58 bits per heavy atom. The standard InChI is InChI=1S/C20H26Cl2O2/c1-12(2)13-5-7-15-14(11-13)6-8-16-19(15,3)9-4-10-20(16,17(21)22)18(23)24/h5,7,11-12,16-17H,4,6,8-10H2,1-3H3,(H,23,24)/t16-,19-,20-/m1/s1. The van der Waals surface area contributed by atoms with Crippen molar-refractivity contribution in [3.05, 3.63) is 34.9 Å². The molecule has 4 heteroatoms. The normalized spacial score (nSPS) is 32.5. The molecule has 0 saturated heterocycles. The van der Waals surface area contributed by atoms with Crippen LogP contribution in [-0.2, 0) is 16.6 Å². The van der Waals surface area contributed by atoms with E-state index in [0.717, 1.165) is 25.7 Å². The van der Waals surface area contributed by atoms with Gasteiger partial charge in [-0.25, -0.2) is 0 Å². The van der Waals surface area contributed by atoms with Gasteiger partial charge in [0.2, 0.25) is 0 Å². The molecule has 132 valence electrons. The molecule has 1 aromatic rings. The topological polar surface area (TPSA) is 37.3 Å². The molecular weight excluding hydrogens is 343 g/mol. The molecule has 0 aliphatic heterocycles. The largest absolute Gasteiger partial charge is 0.481 e. The average molecular weight is 369 g/mol. The van der Waals surface area contributed by atoms with E-state index < -0.39 is 16.2 Å². The summed E-state index contributed by atoms with van der Waals surface area (Å²) in [5, 5.41) is 10.0. The van der Waals surface area contributed by atoms with E-state index in [4.69, 9.17) is 23.2 Å². The maximum Gasteiger partial charge on any atom is 0.312 e. The Labute approximate surface area is 154 Å². The van der Waals surface area contributed by atoms with Gasteiger partial charge in [0.25, 0.3) is 0 Å². The highest BCUT2D eigenvalue weighted by Gasteiger charge is 2.60. The number of hydrogen-bond donors (Lipinski definition) is 1. The first-order valence-electron chi connectivity index (χ1n) is 8.88. The maximum atomic E-state index is 12.2. The number of carbonyl (C=O) groups is 1. The molecule has 0 bridgehead atoms. The van der Waals surface area contributed by atoms with Gasteiger partial charge in [-0.1, -0.05) is 45.4 Å². The molecule has 24 heavy (non-hydrogen) atoms. The number of aryl methyl sites for hydroxylation is 1. The number of alkyl halides is 2. The van der Waals surface area contributed by atoms with Crippen LogP contribution < -0.4 is 0 Å². The lowest BCUT2D eigenvalue weighted by Gasteiger charge is -2.55. The molecule has 1 N–H and O–H groups in total. The SMILES string of the molecule is CC(C)c1ccc2c(c1)CC[C@H]1[C@@](C(=O)O)(C(Cl)Cl)CCC[C@]21C. The third-order valence-corrected chi connectivity index (χ3v) is 7.36. The van der Waals surface area contributed by atoms with Crippen LogP contribution in [0.1, 0.15) is 69.1 Å². The van der Waals surface area contributed by atoms with Gasteiger partial charge in [-0.05, 0) is 59.6 Å².